The maximum absolute atomic E-state index is 11.5. The van der Waals surface area contributed by atoms with E-state index < -0.39 is 20.2 Å². The first kappa shape index (κ1) is 25.3. The third kappa shape index (κ3) is 5.33. The second-order valence-electron chi connectivity index (χ2n) is 8.13. The van der Waals surface area contributed by atoms with Gasteiger partial charge in [0.1, 0.15) is 17.1 Å². The Hall–Kier alpha value is -4.36. The lowest BCUT2D eigenvalue weighted by atomic mass is 10.0. The van der Waals surface area contributed by atoms with Gasteiger partial charge in [-0.2, -0.15) is 16.8 Å². The van der Waals surface area contributed by atoms with Gasteiger partial charge in [-0.1, -0.05) is 54.6 Å². The molecule has 0 amide bonds. The van der Waals surface area contributed by atoms with Crippen LogP contribution in [-0.4, -0.2) is 46.1 Å². The molecule has 0 radical (unpaired) electrons. The van der Waals surface area contributed by atoms with Gasteiger partial charge in [0, 0.05) is 17.3 Å². The summed E-state index contributed by atoms with van der Waals surface area (Å²) < 4.78 is 64.6. The molecule has 0 bridgehead atoms. The summed E-state index contributed by atoms with van der Waals surface area (Å²) in [4.78, 5) is 8.47. The minimum absolute atomic E-state index is 0.204. The van der Waals surface area contributed by atoms with Crippen LogP contribution in [0.1, 0.15) is 0 Å². The number of nitrogens with zero attached hydrogens (tertiary/aromatic N) is 4. The fraction of sp³-hybridized carbons (Fsp3) is 0. The van der Waals surface area contributed by atoms with Gasteiger partial charge in [0.15, 0.2) is 0 Å². The average Bonchev–Trinajstić information content (AvgIpc) is 2.92. The van der Waals surface area contributed by atoms with E-state index in [-0.39, 0.29) is 21.3 Å². The van der Waals surface area contributed by atoms with E-state index in [4.69, 9.17) is 0 Å². The first-order valence-corrected chi connectivity index (χ1v) is 13.9. The molecule has 5 rings (SSSR count). The Morgan fingerprint density at radius 3 is 1.66 bits per heavy atom. The smallest absolute Gasteiger partial charge is 0.282 e. The molecule has 0 atom stereocenters. The lowest BCUT2D eigenvalue weighted by Gasteiger charge is -2.11. The van der Waals surface area contributed by atoms with Crippen molar-refractivity contribution < 1.29 is 25.9 Å². The zero-order chi connectivity index (χ0) is 26.9. The molecule has 10 nitrogen and oxygen atoms in total. The van der Waals surface area contributed by atoms with Crippen LogP contribution in [0.15, 0.2) is 107 Å². The standard InChI is InChI=1S/C26H18N4O6S2/c31-37(32,33)21-10-6-18(7-11-21)24-25(19-8-12-22(13-9-19)38(34,35)36)29-30-26(28-24)23-16-20(14-15-27-23)17-4-2-1-3-5-17/h1-16H,(H,31,32,33)(H,34,35,36). The molecule has 0 aliphatic carbocycles. The van der Waals surface area contributed by atoms with E-state index in [1.807, 2.05) is 42.5 Å². The summed E-state index contributed by atoms with van der Waals surface area (Å²) in [6, 6.07) is 24.0. The molecule has 5 aromatic rings. The van der Waals surface area contributed by atoms with Crippen LogP contribution in [0.4, 0.5) is 0 Å². The minimum atomic E-state index is -4.40. The van der Waals surface area contributed by atoms with E-state index in [0.29, 0.717) is 22.5 Å². The topological polar surface area (TPSA) is 160 Å². The van der Waals surface area contributed by atoms with Crippen molar-refractivity contribution in [2.75, 3.05) is 0 Å². The number of rotatable bonds is 6. The summed E-state index contributed by atoms with van der Waals surface area (Å²) in [5, 5.41) is 8.58. The van der Waals surface area contributed by atoms with Gasteiger partial charge < -0.3 is 0 Å². The molecule has 0 aliphatic rings. The molecule has 0 saturated heterocycles. The van der Waals surface area contributed by atoms with Gasteiger partial charge in [-0.15, -0.1) is 10.2 Å². The van der Waals surface area contributed by atoms with Gasteiger partial charge >= 0.3 is 0 Å². The fourth-order valence-corrected chi connectivity index (χ4v) is 4.72. The van der Waals surface area contributed by atoms with Gasteiger partial charge in [0.2, 0.25) is 5.82 Å². The van der Waals surface area contributed by atoms with E-state index >= 15 is 0 Å². The Labute approximate surface area is 218 Å². The van der Waals surface area contributed by atoms with Crippen molar-refractivity contribution >= 4 is 20.2 Å². The second-order valence-corrected chi connectivity index (χ2v) is 11.0. The van der Waals surface area contributed by atoms with Gasteiger partial charge in [-0.05, 0) is 47.5 Å². The van der Waals surface area contributed by atoms with Crippen molar-refractivity contribution in [3.8, 4) is 45.2 Å². The number of benzene rings is 3. The van der Waals surface area contributed by atoms with Crippen molar-refractivity contribution in [1.29, 1.82) is 0 Å². The molecule has 2 aromatic heterocycles. The number of aromatic nitrogens is 4. The molecule has 0 unspecified atom stereocenters. The molecule has 2 heterocycles. The maximum atomic E-state index is 11.5. The zero-order valence-corrected chi connectivity index (χ0v) is 21.0. The van der Waals surface area contributed by atoms with Crippen molar-refractivity contribution in [2.45, 2.75) is 9.79 Å². The van der Waals surface area contributed by atoms with Crippen LogP contribution in [0.2, 0.25) is 0 Å². The van der Waals surface area contributed by atoms with Crippen LogP contribution in [0, 0.1) is 0 Å². The highest BCUT2D eigenvalue weighted by Crippen LogP contribution is 2.32. The molecule has 0 aliphatic heterocycles. The maximum Gasteiger partial charge on any atom is 0.294 e. The van der Waals surface area contributed by atoms with Gasteiger partial charge in [0.05, 0.1) is 9.79 Å². The SMILES string of the molecule is O=S(=O)(O)c1ccc(-c2nnc(-c3cc(-c4ccccc4)ccn3)nc2-c2ccc(S(=O)(=O)O)cc2)cc1. The second kappa shape index (κ2) is 9.84. The van der Waals surface area contributed by atoms with Crippen LogP contribution >= 0.6 is 0 Å². The summed E-state index contributed by atoms with van der Waals surface area (Å²) >= 11 is 0. The normalized spacial score (nSPS) is 11.8. The van der Waals surface area contributed by atoms with Crippen LogP contribution in [-0.2, 0) is 20.2 Å². The predicted octanol–water partition coefficient (Wildman–Crippen LogP) is 4.43. The molecule has 0 fully saturated rings. The molecule has 2 N–H and O–H groups in total. The quantitative estimate of drug-likeness (QED) is 0.292. The number of hydrogen-bond acceptors (Lipinski definition) is 8. The summed E-state index contributed by atoms with van der Waals surface area (Å²) in [6.07, 6.45) is 1.63. The van der Waals surface area contributed by atoms with E-state index in [2.05, 4.69) is 20.2 Å². The molecule has 38 heavy (non-hydrogen) atoms. The zero-order valence-electron chi connectivity index (χ0n) is 19.4. The van der Waals surface area contributed by atoms with E-state index in [9.17, 15) is 25.9 Å². The fourth-order valence-electron chi connectivity index (χ4n) is 3.76. The minimum Gasteiger partial charge on any atom is -0.282 e. The van der Waals surface area contributed by atoms with Crippen LogP contribution < -0.4 is 0 Å². The third-order valence-electron chi connectivity index (χ3n) is 5.63. The van der Waals surface area contributed by atoms with Gasteiger partial charge in [0.25, 0.3) is 20.2 Å². The number of hydrogen-bond donors (Lipinski definition) is 2. The average molecular weight is 547 g/mol. The van der Waals surface area contributed by atoms with Crippen molar-refractivity contribution in [2.24, 2.45) is 0 Å². The molecule has 0 spiro atoms. The van der Waals surface area contributed by atoms with Crippen LogP contribution in [0.3, 0.4) is 0 Å². The molecular weight excluding hydrogens is 528 g/mol. The van der Waals surface area contributed by atoms with E-state index in [1.165, 1.54) is 48.5 Å². The molecule has 3 aromatic carbocycles. The summed E-state index contributed by atoms with van der Waals surface area (Å²) in [6.45, 7) is 0. The van der Waals surface area contributed by atoms with Crippen LogP contribution in [0.5, 0.6) is 0 Å². The van der Waals surface area contributed by atoms with E-state index in [1.54, 1.807) is 6.20 Å². The molecular formula is C26H18N4O6S2. The molecule has 12 heteroatoms. The largest absolute Gasteiger partial charge is 0.294 e. The van der Waals surface area contributed by atoms with Crippen LogP contribution in [0.25, 0.3) is 45.2 Å². The highest BCUT2D eigenvalue weighted by Gasteiger charge is 2.18. The third-order valence-corrected chi connectivity index (χ3v) is 7.37. The Bertz CT molecular complexity index is 1850. The molecule has 190 valence electrons. The molecule has 0 saturated carbocycles. The monoisotopic (exact) mass is 546 g/mol. The summed E-state index contributed by atoms with van der Waals surface area (Å²) in [7, 11) is -8.80. The Balaban J connectivity index is 1.65. The van der Waals surface area contributed by atoms with E-state index in [0.717, 1.165) is 11.1 Å². The predicted molar refractivity (Wildman–Crippen MR) is 139 cm³/mol. The summed E-state index contributed by atoms with van der Waals surface area (Å²) in [5.74, 6) is 0.204. The summed E-state index contributed by atoms with van der Waals surface area (Å²) in [5.41, 5.74) is 3.80. The highest BCUT2D eigenvalue weighted by molar-refractivity contribution is 7.86. The Kier molecular flexibility index (Phi) is 6.55. The Morgan fingerprint density at radius 2 is 1.11 bits per heavy atom. The number of pyridine rings is 1. The highest BCUT2D eigenvalue weighted by atomic mass is 32.2. The lowest BCUT2D eigenvalue weighted by molar-refractivity contribution is 0.481. The first-order chi connectivity index (χ1) is 18.1. The van der Waals surface area contributed by atoms with Crippen molar-refractivity contribution in [3.05, 3.63) is 97.2 Å². The first-order valence-electron chi connectivity index (χ1n) is 11.0. The Morgan fingerprint density at radius 1 is 0.553 bits per heavy atom. The van der Waals surface area contributed by atoms with Gasteiger partial charge in [-0.25, -0.2) is 4.98 Å². The van der Waals surface area contributed by atoms with Crippen molar-refractivity contribution in [3.63, 3.8) is 0 Å². The lowest BCUT2D eigenvalue weighted by Crippen LogP contribution is -2.03. The van der Waals surface area contributed by atoms with Gasteiger partial charge in [-0.3, -0.25) is 14.1 Å². The van der Waals surface area contributed by atoms with Crippen molar-refractivity contribution in [1.82, 2.24) is 20.2 Å².